The number of carbonyl (C=O) groups is 2. The van der Waals surface area contributed by atoms with Gasteiger partial charge in [0.25, 0.3) is 0 Å². The Morgan fingerprint density at radius 1 is 1.00 bits per heavy atom. The molecule has 3 rings (SSSR count). The third-order valence-corrected chi connectivity index (χ3v) is 5.27. The molecule has 0 saturated carbocycles. The molecule has 2 N–H and O–H groups in total. The van der Waals surface area contributed by atoms with E-state index in [0.29, 0.717) is 13.1 Å². The number of hydrogen-bond donors (Lipinski definition) is 2. The number of anilines is 1. The SMILES string of the molecule is CCNC(=O)NC(=O)C(c1ccccc1)N1CCCN(c2ccc(OC)cc2)CC1. The zero-order valence-electron chi connectivity index (χ0n) is 17.6. The molecule has 0 aliphatic carbocycles. The predicted molar refractivity (Wildman–Crippen MR) is 118 cm³/mol. The predicted octanol–water partition coefficient (Wildman–Crippen LogP) is 2.79. The van der Waals surface area contributed by atoms with E-state index in [-0.39, 0.29) is 5.91 Å². The van der Waals surface area contributed by atoms with Crippen molar-refractivity contribution in [2.45, 2.75) is 19.4 Å². The first kappa shape index (κ1) is 21.6. The van der Waals surface area contributed by atoms with Gasteiger partial charge in [-0.2, -0.15) is 0 Å². The molecule has 0 bridgehead atoms. The van der Waals surface area contributed by atoms with Crippen molar-refractivity contribution < 1.29 is 14.3 Å². The maximum absolute atomic E-state index is 13.0. The molecule has 2 aromatic carbocycles. The lowest BCUT2D eigenvalue weighted by atomic mass is 10.0. The van der Waals surface area contributed by atoms with E-state index in [4.69, 9.17) is 4.74 Å². The summed E-state index contributed by atoms with van der Waals surface area (Å²) in [6.07, 6.45) is 0.920. The highest BCUT2D eigenvalue weighted by Crippen LogP contribution is 2.25. The van der Waals surface area contributed by atoms with Crippen LogP contribution >= 0.6 is 0 Å². The van der Waals surface area contributed by atoms with Crippen LogP contribution in [-0.4, -0.2) is 56.7 Å². The van der Waals surface area contributed by atoms with E-state index < -0.39 is 12.1 Å². The third kappa shape index (κ3) is 5.51. The molecule has 1 heterocycles. The lowest BCUT2D eigenvalue weighted by Crippen LogP contribution is -2.47. The normalized spacial score (nSPS) is 15.7. The Labute approximate surface area is 178 Å². The molecule has 7 nitrogen and oxygen atoms in total. The van der Waals surface area contributed by atoms with E-state index in [0.717, 1.165) is 43.1 Å². The fourth-order valence-electron chi connectivity index (χ4n) is 3.80. The van der Waals surface area contributed by atoms with Crippen molar-refractivity contribution in [1.82, 2.24) is 15.5 Å². The molecule has 1 unspecified atom stereocenters. The van der Waals surface area contributed by atoms with Crippen LogP contribution in [0.15, 0.2) is 54.6 Å². The van der Waals surface area contributed by atoms with Gasteiger partial charge in [0.1, 0.15) is 11.8 Å². The summed E-state index contributed by atoms with van der Waals surface area (Å²) in [6.45, 7) is 5.48. The molecule has 1 atom stereocenters. The molecule has 2 aromatic rings. The minimum Gasteiger partial charge on any atom is -0.497 e. The van der Waals surface area contributed by atoms with Gasteiger partial charge in [-0.15, -0.1) is 0 Å². The molecule has 7 heteroatoms. The van der Waals surface area contributed by atoms with Gasteiger partial charge in [0.05, 0.1) is 7.11 Å². The van der Waals surface area contributed by atoms with Crippen molar-refractivity contribution in [1.29, 1.82) is 0 Å². The second-order valence-electron chi connectivity index (χ2n) is 7.24. The molecule has 1 aliphatic rings. The van der Waals surface area contributed by atoms with E-state index in [9.17, 15) is 9.59 Å². The minimum absolute atomic E-state index is 0.301. The second kappa shape index (κ2) is 10.6. The van der Waals surface area contributed by atoms with Crippen LogP contribution in [0.2, 0.25) is 0 Å². The van der Waals surface area contributed by atoms with E-state index in [2.05, 4.69) is 32.6 Å². The summed E-state index contributed by atoms with van der Waals surface area (Å²) in [6, 6.07) is 16.7. The molecular weight excluding hydrogens is 380 g/mol. The van der Waals surface area contributed by atoms with Crippen LogP contribution in [0.3, 0.4) is 0 Å². The largest absolute Gasteiger partial charge is 0.497 e. The van der Waals surface area contributed by atoms with Gasteiger partial charge in [-0.05, 0) is 43.2 Å². The Hall–Kier alpha value is -3.06. The Morgan fingerprint density at radius 2 is 1.73 bits per heavy atom. The number of amides is 3. The highest BCUT2D eigenvalue weighted by molar-refractivity contribution is 5.97. The Morgan fingerprint density at radius 3 is 2.40 bits per heavy atom. The molecule has 0 aromatic heterocycles. The monoisotopic (exact) mass is 410 g/mol. The highest BCUT2D eigenvalue weighted by Gasteiger charge is 2.30. The average molecular weight is 411 g/mol. The van der Waals surface area contributed by atoms with Gasteiger partial charge >= 0.3 is 6.03 Å². The first-order chi connectivity index (χ1) is 14.6. The summed E-state index contributed by atoms with van der Waals surface area (Å²) in [7, 11) is 1.66. The van der Waals surface area contributed by atoms with Crippen LogP contribution in [-0.2, 0) is 4.79 Å². The van der Waals surface area contributed by atoms with Crippen molar-refractivity contribution in [3.8, 4) is 5.75 Å². The van der Waals surface area contributed by atoms with Gasteiger partial charge in [-0.1, -0.05) is 30.3 Å². The number of rotatable bonds is 6. The molecule has 0 spiro atoms. The zero-order valence-corrected chi connectivity index (χ0v) is 17.6. The van der Waals surface area contributed by atoms with E-state index in [1.54, 1.807) is 7.11 Å². The summed E-state index contributed by atoms with van der Waals surface area (Å²) in [5.74, 6) is 0.534. The number of benzene rings is 2. The number of imide groups is 1. The van der Waals surface area contributed by atoms with Gasteiger partial charge in [0.2, 0.25) is 5.91 Å². The number of urea groups is 1. The molecule has 1 saturated heterocycles. The standard InChI is InChI=1S/C23H30N4O3/c1-3-24-23(29)25-22(28)21(18-8-5-4-6-9-18)27-15-7-14-26(16-17-27)19-10-12-20(30-2)13-11-19/h4-6,8-13,21H,3,7,14-17H2,1-2H3,(H2,24,25,28,29). The third-order valence-electron chi connectivity index (χ3n) is 5.27. The molecule has 0 radical (unpaired) electrons. The number of hydrogen-bond acceptors (Lipinski definition) is 5. The van der Waals surface area contributed by atoms with Crippen LogP contribution in [0.1, 0.15) is 24.9 Å². The maximum atomic E-state index is 13.0. The Balaban J connectivity index is 1.75. The topological polar surface area (TPSA) is 73.9 Å². The Bertz CT molecular complexity index is 826. The summed E-state index contributed by atoms with van der Waals surface area (Å²) in [4.78, 5) is 29.5. The number of nitrogens with one attached hydrogen (secondary N) is 2. The lowest BCUT2D eigenvalue weighted by molar-refractivity contribution is -0.125. The van der Waals surface area contributed by atoms with Gasteiger partial charge in [0, 0.05) is 38.4 Å². The van der Waals surface area contributed by atoms with Crippen molar-refractivity contribution in [2.75, 3.05) is 44.7 Å². The first-order valence-corrected chi connectivity index (χ1v) is 10.4. The minimum atomic E-state index is -0.510. The molecular formula is C23H30N4O3. The van der Waals surface area contributed by atoms with Crippen LogP contribution in [0.4, 0.5) is 10.5 Å². The smallest absolute Gasteiger partial charge is 0.321 e. The highest BCUT2D eigenvalue weighted by atomic mass is 16.5. The van der Waals surface area contributed by atoms with Crippen molar-refractivity contribution in [3.05, 3.63) is 60.2 Å². The summed E-state index contributed by atoms with van der Waals surface area (Å²) >= 11 is 0. The lowest BCUT2D eigenvalue weighted by Gasteiger charge is -2.30. The van der Waals surface area contributed by atoms with E-state index in [1.165, 1.54) is 0 Å². The summed E-state index contributed by atoms with van der Waals surface area (Å²) in [5, 5.41) is 5.12. The molecule has 1 fully saturated rings. The van der Waals surface area contributed by atoms with Crippen molar-refractivity contribution in [2.24, 2.45) is 0 Å². The average Bonchev–Trinajstić information content (AvgIpc) is 3.01. The van der Waals surface area contributed by atoms with Gasteiger partial charge in [-0.3, -0.25) is 15.0 Å². The van der Waals surface area contributed by atoms with Crippen LogP contribution in [0.5, 0.6) is 5.75 Å². The molecule has 3 amide bonds. The number of ether oxygens (including phenoxy) is 1. The van der Waals surface area contributed by atoms with Gasteiger partial charge in [-0.25, -0.2) is 4.79 Å². The zero-order chi connectivity index (χ0) is 21.3. The second-order valence-corrected chi connectivity index (χ2v) is 7.24. The van der Waals surface area contributed by atoms with Gasteiger partial charge in [0.15, 0.2) is 0 Å². The molecule has 1 aliphatic heterocycles. The van der Waals surface area contributed by atoms with E-state index >= 15 is 0 Å². The van der Waals surface area contributed by atoms with Crippen LogP contribution < -0.4 is 20.3 Å². The summed E-state index contributed by atoms with van der Waals surface area (Å²) < 4.78 is 5.25. The Kier molecular flexibility index (Phi) is 7.68. The number of nitrogens with zero attached hydrogens (tertiary/aromatic N) is 2. The van der Waals surface area contributed by atoms with Crippen molar-refractivity contribution in [3.63, 3.8) is 0 Å². The van der Waals surface area contributed by atoms with Crippen molar-refractivity contribution >= 4 is 17.6 Å². The fraction of sp³-hybridized carbons (Fsp3) is 0.391. The molecule has 160 valence electrons. The van der Waals surface area contributed by atoms with Crippen LogP contribution in [0, 0.1) is 0 Å². The summed E-state index contributed by atoms with van der Waals surface area (Å²) in [5.41, 5.74) is 2.03. The molecule has 30 heavy (non-hydrogen) atoms. The van der Waals surface area contributed by atoms with E-state index in [1.807, 2.05) is 49.4 Å². The quantitative estimate of drug-likeness (QED) is 0.766. The number of carbonyl (C=O) groups excluding carboxylic acids is 2. The first-order valence-electron chi connectivity index (χ1n) is 10.4. The van der Waals surface area contributed by atoms with Crippen LogP contribution in [0.25, 0.3) is 0 Å². The number of methoxy groups -OCH3 is 1. The van der Waals surface area contributed by atoms with Gasteiger partial charge < -0.3 is 15.0 Å². The fourth-order valence-corrected chi connectivity index (χ4v) is 3.80. The maximum Gasteiger partial charge on any atom is 0.321 e.